The Morgan fingerprint density at radius 2 is 2.06 bits per heavy atom. The van der Waals surface area contributed by atoms with E-state index in [9.17, 15) is 4.79 Å². The lowest BCUT2D eigenvalue weighted by molar-refractivity contribution is -0.127. The molecule has 0 bridgehead atoms. The van der Waals surface area contributed by atoms with Gasteiger partial charge in [-0.2, -0.15) is 0 Å². The van der Waals surface area contributed by atoms with Crippen LogP contribution < -0.4 is 5.32 Å². The van der Waals surface area contributed by atoms with Gasteiger partial charge >= 0.3 is 0 Å². The maximum absolute atomic E-state index is 12.2. The van der Waals surface area contributed by atoms with Gasteiger partial charge in [0.25, 0.3) is 0 Å². The molecule has 18 heavy (non-hydrogen) atoms. The van der Waals surface area contributed by atoms with E-state index in [4.69, 9.17) is 5.11 Å². The lowest BCUT2D eigenvalue weighted by Gasteiger charge is -2.20. The normalized spacial score (nSPS) is 18.1. The summed E-state index contributed by atoms with van der Waals surface area (Å²) in [7, 11) is 0. The molecule has 1 amide bonds. The lowest BCUT2D eigenvalue weighted by atomic mass is 9.95. The molecule has 1 aliphatic carbocycles. The Balaban J connectivity index is 1.97. The second-order valence-electron chi connectivity index (χ2n) is 5.20. The minimum Gasteiger partial charge on any atom is -0.394 e. The first kappa shape index (κ1) is 13.1. The predicted molar refractivity (Wildman–Crippen MR) is 71.1 cm³/mol. The van der Waals surface area contributed by atoms with Crippen LogP contribution in [0.15, 0.2) is 30.3 Å². The van der Waals surface area contributed by atoms with E-state index >= 15 is 0 Å². The zero-order valence-corrected chi connectivity index (χ0v) is 10.9. The van der Waals surface area contributed by atoms with E-state index in [0.29, 0.717) is 0 Å². The van der Waals surface area contributed by atoms with Crippen molar-refractivity contribution in [2.75, 3.05) is 6.61 Å². The smallest absolute Gasteiger partial charge is 0.226 e. The third kappa shape index (κ3) is 2.91. The lowest BCUT2D eigenvalue weighted by Crippen LogP contribution is -2.42. The van der Waals surface area contributed by atoms with Crippen LogP contribution in [0.2, 0.25) is 0 Å². The third-order valence-electron chi connectivity index (χ3n) is 3.77. The van der Waals surface area contributed by atoms with Gasteiger partial charge in [0.1, 0.15) is 0 Å². The number of benzene rings is 1. The standard InChI is InChI=1S/C15H21NO2/c1-2-13(11-17)16-14(18)15(8-9-15)10-12-6-4-3-5-7-12/h3-7,13,17H,2,8-11H2,1H3,(H,16,18)/t13-/m0/s1. The number of aliphatic hydroxyl groups is 1. The van der Waals surface area contributed by atoms with Crippen LogP contribution in [0.3, 0.4) is 0 Å². The van der Waals surface area contributed by atoms with E-state index in [2.05, 4.69) is 17.4 Å². The first-order chi connectivity index (χ1) is 8.70. The van der Waals surface area contributed by atoms with Crippen LogP contribution in [0.25, 0.3) is 0 Å². The minimum absolute atomic E-state index is 0.0175. The van der Waals surface area contributed by atoms with Crippen LogP contribution in [0, 0.1) is 5.41 Å². The van der Waals surface area contributed by atoms with Gasteiger partial charge in [0.15, 0.2) is 0 Å². The van der Waals surface area contributed by atoms with Gasteiger partial charge in [-0.25, -0.2) is 0 Å². The highest BCUT2D eigenvalue weighted by Crippen LogP contribution is 2.48. The summed E-state index contributed by atoms with van der Waals surface area (Å²) in [6.45, 7) is 1.99. The van der Waals surface area contributed by atoms with Gasteiger partial charge in [0.05, 0.1) is 18.1 Å². The van der Waals surface area contributed by atoms with Crippen molar-refractivity contribution in [2.45, 2.75) is 38.6 Å². The van der Waals surface area contributed by atoms with Gasteiger partial charge in [-0.1, -0.05) is 37.3 Å². The summed E-state index contributed by atoms with van der Waals surface area (Å²) in [6.07, 6.45) is 3.48. The molecule has 98 valence electrons. The van der Waals surface area contributed by atoms with Crippen LogP contribution in [0.5, 0.6) is 0 Å². The van der Waals surface area contributed by atoms with E-state index in [0.717, 1.165) is 25.7 Å². The molecular formula is C15H21NO2. The number of carbonyl (C=O) groups excluding carboxylic acids is 1. The monoisotopic (exact) mass is 247 g/mol. The first-order valence-electron chi connectivity index (χ1n) is 6.66. The number of nitrogens with one attached hydrogen (secondary N) is 1. The fourth-order valence-electron chi connectivity index (χ4n) is 2.24. The molecule has 1 atom stereocenters. The Bertz CT molecular complexity index is 394. The summed E-state index contributed by atoms with van der Waals surface area (Å²) in [5.74, 6) is 0.104. The second-order valence-corrected chi connectivity index (χ2v) is 5.20. The highest BCUT2D eigenvalue weighted by molar-refractivity contribution is 5.85. The SMILES string of the molecule is CC[C@@H](CO)NC(=O)C1(Cc2ccccc2)CC1. The molecule has 1 aromatic rings. The fourth-order valence-corrected chi connectivity index (χ4v) is 2.24. The molecule has 0 unspecified atom stereocenters. The van der Waals surface area contributed by atoms with Gasteiger partial charge in [-0.3, -0.25) is 4.79 Å². The summed E-state index contributed by atoms with van der Waals surface area (Å²) < 4.78 is 0. The van der Waals surface area contributed by atoms with Crippen molar-refractivity contribution in [2.24, 2.45) is 5.41 Å². The van der Waals surface area contributed by atoms with Crippen LogP contribution >= 0.6 is 0 Å². The van der Waals surface area contributed by atoms with Crippen LogP contribution in [0.1, 0.15) is 31.7 Å². The van der Waals surface area contributed by atoms with Gasteiger partial charge in [0.2, 0.25) is 5.91 Å². The Morgan fingerprint density at radius 3 is 2.56 bits per heavy atom. The Morgan fingerprint density at radius 1 is 1.39 bits per heavy atom. The predicted octanol–water partition coefficient (Wildman–Crippen LogP) is 1.90. The van der Waals surface area contributed by atoms with Crippen LogP contribution in [-0.2, 0) is 11.2 Å². The summed E-state index contributed by atoms with van der Waals surface area (Å²) in [5.41, 5.74) is 0.992. The molecular weight excluding hydrogens is 226 g/mol. The van der Waals surface area contributed by atoms with Gasteiger partial charge in [-0.15, -0.1) is 0 Å². The Labute approximate surface area is 108 Å². The molecule has 3 heteroatoms. The van der Waals surface area contributed by atoms with Crippen LogP contribution in [0.4, 0.5) is 0 Å². The van der Waals surface area contributed by atoms with E-state index in [1.54, 1.807) is 0 Å². The number of rotatable bonds is 6. The molecule has 2 rings (SSSR count). The molecule has 0 aliphatic heterocycles. The van der Waals surface area contributed by atoms with E-state index < -0.39 is 0 Å². The summed E-state index contributed by atoms with van der Waals surface area (Å²) in [6, 6.07) is 10.0. The van der Waals surface area contributed by atoms with Gasteiger partial charge in [0, 0.05) is 0 Å². The number of aliphatic hydroxyl groups excluding tert-OH is 1. The first-order valence-corrected chi connectivity index (χ1v) is 6.66. The molecule has 0 spiro atoms. The van der Waals surface area contributed by atoms with Gasteiger partial charge in [-0.05, 0) is 31.2 Å². The topological polar surface area (TPSA) is 49.3 Å². The Kier molecular flexibility index (Phi) is 4.02. The second kappa shape index (κ2) is 5.53. The van der Waals surface area contributed by atoms with Crippen molar-refractivity contribution in [3.63, 3.8) is 0 Å². The molecule has 0 radical (unpaired) electrons. The van der Waals surface area contributed by atoms with Crippen molar-refractivity contribution in [3.05, 3.63) is 35.9 Å². The average Bonchev–Trinajstić information content (AvgIpc) is 3.18. The largest absolute Gasteiger partial charge is 0.394 e. The van der Waals surface area contributed by atoms with E-state index in [1.807, 2.05) is 25.1 Å². The van der Waals surface area contributed by atoms with Gasteiger partial charge < -0.3 is 10.4 Å². The fraction of sp³-hybridized carbons (Fsp3) is 0.533. The molecule has 0 aromatic heterocycles. The average molecular weight is 247 g/mol. The molecule has 3 nitrogen and oxygen atoms in total. The van der Waals surface area contributed by atoms with Crippen molar-refractivity contribution >= 4 is 5.91 Å². The van der Waals surface area contributed by atoms with Crippen molar-refractivity contribution in [3.8, 4) is 0 Å². The quantitative estimate of drug-likeness (QED) is 0.806. The van der Waals surface area contributed by atoms with E-state index in [1.165, 1.54) is 5.56 Å². The molecule has 1 fully saturated rings. The Hall–Kier alpha value is -1.35. The summed E-state index contributed by atoms with van der Waals surface area (Å²) >= 11 is 0. The zero-order chi connectivity index (χ0) is 13.0. The summed E-state index contributed by atoms with van der Waals surface area (Å²) in [5, 5.41) is 12.1. The maximum atomic E-state index is 12.2. The van der Waals surface area contributed by atoms with Crippen molar-refractivity contribution in [1.82, 2.24) is 5.32 Å². The van der Waals surface area contributed by atoms with E-state index in [-0.39, 0.29) is 24.0 Å². The molecule has 1 aliphatic rings. The number of carbonyl (C=O) groups is 1. The molecule has 1 aromatic carbocycles. The molecule has 0 heterocycles. The number of amides is 1. The number of hydrogen-bond donors (Lipinski definition) is 2. The maximum Gasteiger partial charge on any atom is 0.226 e. The third-order valence-corrected chi connectivity index (χ3v) is 3.77. The van der Waals surface area contributed by atoms with Crippen molar-refractivity contribution < 1.29 is 9.90 Å². The summed E-state index contributed by atoms with van der Waals surface area (Å²) in [4.78, 5) is 12.2. The minimum atomic E-state index is -0.218. The highest BCUT2D eigenvalue weighted by atomic mass is 16.3. The molecule has 2 N–H and O–H groups in total. The van der Waals surface area contributed by atoms with Crippen molar-refractivity contribution in [1.29, 1.82) is 0 Å². The molecule has 1 saturated carbocycles. The van der Waals surface area contributed by atoms with Crippen LogP contribution in [-0.4, -0.2) is 23.7 Å². The highest BCUT2D eigenvalue weighted by Gasteiger charge is 2.49. The number of hydrogen-bond acceptors (Lipinski definition) is 2. The molecule has 0 saturated heterocycles. The zero-order valence-electron chi connectivity index (χ0n) is 10.9.